The highest BCUT2D eigenvalue weighted by atomic mass is 16.5. The lowest BCUT2D eigenvalue weighted by molar-refractivity contribution is -0.150. The normalized spacial score (nSPS) is 14.5. The summed E-state index contributed by atoms with van der Waals surface area (Å²) in [5.74, 6) is -0.266. The van der Waals surface area contributed by atoms with Crippen molar-refractivity contribution in [3.05, 3.63) is 0 Å². The van der Waals surface area contributed by atoms with Crippen molar-refractivity contribution < 1.29 is 14.3 Å². The smallest absolute Gasteiger partial charge is 0.328 e. The summed E-state index contributed by atoms with van der Waals surface area (Å²) >= 11 is 0. The Balaban J connectivity index is 4.13. The SMILES string of the molecule is CCCCOCC(C)(NCCC)C(=O)OC. The molecule has 0 bridgehead atoms. The van der Waals surface area contributed by atoms with Crippen LogP contribution in [0.3, 0.4) is 0 Å². The molecule has 0 aromatic rings. The summed E-state index contributed by atoms with van der Waals surface area (Å²) in [5.41, 5.74) is -0.724. The monoisotopic (exact) mass is 231 g/mol. The van der Waals surface area contributed by atoms with Gasteiger partial charge in [0.25, 0.3) is 0 Å². The molecule has 0 fully saturated rings. The van der Waals surface area contributed by atoms with Crippen molar-refractivity contribution in [3.63, 3.8) is 0 Å². The van der Waals surface area contributed by atoms with Crippen molar-refractivity contribution in [2.24, 2.45) is 0 Å². The third-order valence-corrected chi connectivity index (χ3v) is 2.43. The topological polar surface area (TPSA) is 47.6 Å². The number of hydrogen-bond donors (Lipinski definition) is 1. The summed E-state index contributed by atoms with van der Waals surface area (Å²) in [4.78, 5) is 11.6. The second kappa shape index (κ2) is 8.53. The minimum atomic E-state index is -0.724. The molecule has 4 nitrogen and oxygen atoms in total. The zero-order valence-electron chi connectivity index (χ0n) is 11.0. The van der Waals surface area contributed by atoms with E-state index in [1.54, 1.807) is 0 Å². The van der Waals surface area contributed by atoms with Crippen LogP contribution >= 0.6 is 0 Å². The van der Waals surface area contributed by atoms with Gasteiger partial charge in [-0.05, 0) is 26.3 Å². The highest BCUT2D eigenvalue weighted by molar-refractivity contribution is 5.80. The standard InChI is InChI=1S/C12H25NO3/c1-5-7-9-16-10-12(3,11(14)15-4)13-8-6-2/h13H,5-10H2,1-4H3. The Bertz CT molecular complexity index is 197. The number of carbonyl (C=O) groups is 1. The number of nitrogens with one attached hydrogen (secondary N) is 1. The van der Waals surface area contributed by atoms with E-state index in [0.717, 1.165) is 25.8 Å². The quantitative estimate of drug-likeness (QED) is 0.485. The fraction of sp³-hybridized carbons (Fsp3) is 0.917. The number of esters is 1. The molecule has 4 heteroatoms. The van der Waals surface area contributed by atoms with Gasteiger partial charge in [0, 0.05) is 6.61 Å². The maximum absolute atomic E-state index is 11.6. The van der Waals surface area contributed by atoms with Gasteiger partial charge in [-0.2, -0.15) is 0 Å². The van der Waals surface area contributed by atoms with Gasteiger partial charge in [0.15, 0.2) is 0 Å². The molecule has 16 heavy (non-hydrogen) atoms. The fourth-order valence-corrected chi connectivity index (χ4v) is 1.33. The Kier molecular flexibility index (Phi) is 8.21. The van der Waals surface area contributed by atoms with Gasteiger partial charge in [0.1, 0.15) is 5.54 Å². The van der Waals surface area contributed by atoms with E-state index in [9.17, 15) is 4.79 Å². The molecule has 0 spiro atoms. The largest absolute Gasteiger partial charge is 0.468 e. The molecule has 0 aromatic heterocycles. The minimum absolute atomic E-state index is 0.266. The number of ether oxygens (including phenoxy) is 2. The summed E-state index contributed by atoms with van der Waals surface area (Å²) < 4.78 is 10.3. The van der Waals surface area contributed by atoms with Gasteiger partial charge in [0.2, 0.25) is 0 Å². The average Bonchev–Trinajstić information content (AvgIpc) is 2.31. The first-order valence-electron chi connectivity index (χ1n) is 6.02. The molecule has 1 unspecified atom stereocenters. The zero-order chi connectivity index (χ0) is 12.4. The van der Waals surface area contributed by atoms with Gasteiger partial charge in [0.05, 0.1) is 13.7 Å². The predicted octanol–water partition coefficient (Wildman–Crippen LogP) is 1.73. The van der Waals surface area contributed by atoms with Crippen molar-refractivity contribution >= 4 is 5.97 Å². The van der Waals surface area contributed by atoms with E-state index in [4.69, 9.17) is 9.47 Å². The first kappa shape index (κ1) is 15.4. The first-order chi connectivity index (χ1) is 7.60. The van der Waals surface area contributed by atoms with Gasteiger partial charge >= 0.3 is 5.97 Å². The molecule has 0 aliphatic heterocycles. The van der Waals surface area contributed by atoms with Crippen molar-refractivity contribution in [1.29, 1.82) is 0 Å². The Labute approximate surface area is 98.7 Å². The Hall–Kier alpha value is -0.610. The summed E-state index contributed by atoms with van der Waals surface area (Å²) in [5, 5.41) is 3.17. The maximum Gasteiger partial charge on any atom is 0.328 e. The molecule has 1 N–H and O–H groups in total. The van der Waals surface area contributed by atoms with Gasteiger partial charge in [-0.25, -0.2) is 4.79 Å². The van der Waals surface area contributed by atoms with Crippen LogP contribution in [0.5, 0.6) is 0 Å². The average molecular weight is 231 g/mol. The second-order valence-electron chi connectivity index (χ2n) is 4.16. The van der Waals surface area contributed by atoms with E-state index in [1.165, 1.54) is 7.11 Å². The van der Waals surface area contributed by atoms with Crippen LogP contribution in [-0.2, 0) is 14.3 Å². The van der Waals surface area contributed by atoms with Crippen LogP contribution in [0.25, 0.3) is 0 Å². The van der Waals surface area contributed by atoms with Gasteiger partial charge in [-0.15, -0.1) is 0 Å². The number of rotatable bonds is 9. The molecule has 96 valence electrons. The van der Waals surface area contributed by atoms with Crippen LogP contribution in [0.2, 0.25) is 0 Å². The van der Waals surface area contributed by atoms with Gasteiger partial charge in [-0.1, -0.05) is 20.3 Å². The van der Waals surface area contributed by atoms with Crippen LogP contribution in [0.4, 0.5) is 0 Å². The van der Waals surface area contributed by atoms with Crippen molar-refractivity contribution in [3.8, 4) is 0 Å². The Morgan fingerprint density at radius 3 is 2.50 bits per heavy atom. The molecule has 1 atom stereocenters. The van der Waals surface area contributed by atoms with Crippen molar-refractivity contribution in [2.75, 3.05) is 26.9 Å². The second-order valence-corrected chi connectivity index (χ2v) is 4.16. The number of unbranched alkanes of at least 4 members (excludes halogenated alkanes) is 1. The molecule has 0 aromatic carbocycles. The fourth-order valence-electron chi connectivity index (χ4n) is 1.33. The van der Waals surface area contributed by atoms with E-state index < -0.39 is 5.54 Å². The highest BCUT2D eigenvalue weighted by Crippen LogP contribution is 2.08. The molecule has 0 radical (unpaired) electrons. The molecule has 0 heterocycles. The lowest BCUT2D eigenvalue weighted by atomic mass is 10.0. The molecule has 0 saturated heterocycles. The van der Waals surface area contributed by atoms with E-state index in [1.807, 2.05) is 6.92 Å². The number of methoxy groups -OCH3 is 1. The third-order valence-electron chi connectivity index (χ3n) is 2.43. The summed E-state index contributed by atoms with van der Waals surface area (Å²) in [6, 6.07) is 0. The first-order valence-corrected chi connectivity index (χ1v) is 6.02. The van der Waals surface area contributed by atoms with Gasteiger partial charge < -0.3 is 14.8 Å². The van der Waals surface area contributed by atoms with E-state index >= 15 is 0 Å². The van der Waals surface area contributed by atoms with E-state index in [2.05, 4.69) is 19.2 Å². The van der Waals surface area contributed by atoms with Crippen LogP contribution < -0.4 is 5.32 Å². The molecular formula is C12H25NO3. The van der Waals surface area contributed by atoms with E-state index in [-0.39, 0.29) is 5.97 Å². The van der Waals surface area contributed by atoms with Crippen LogP contribution in [0, 0.1) is 0 Å². The van der Waals surface area contributed by atoms with Crippen molar-refractivity contribution in [2.45, 2.75) is 45.6 Å². The lowest BCUT2D eigenvalue weighted by Gasteiger charge is -2.27. The molecule has 0 rings (SSSR count). The summed E-state index contributed by atoms with van der Waals surface area (Å²) in [6.45, 7) is 7.82. The van der Waals surface area contributed by atoms with Crippen LogP contribution in [0.1, 0.15) is 40.0 Å². The Morgan fingerprint density at radius 1 is 1.31 bits per heavy atom. The van der Waals surface area contributed by atoms with Crippen LogP contribution in [0.15, 0.2) is 0 Å². The summed E-state index contributed by atoms with van der Waals surface area (Å²) in [7, 11) is 1.40. The molecule has 0 saturated carbocycles. The van der Waals surface area contributed by atoms with E-state index in [0.29, 0.717) is 13.2 Å². The number of hydrogen-bond acceptors (Lipinski definition) is 4. The maximum atomic E-state index is 11.6. The zero-order valence-corrected chi connectivity index (χ0v) is 11.0. The lowest BCUT2D eigenvalue weighted by Crippen LogP contribution is -2.54. The number of carbonyl (C=O) groups excluding carboxylic acids is 1. The molecular weight excluding hydrogens is 206 g/mol. The van der Waals surface area contributed by atoms with Gasteiger partial charge in [-0.3, -0.25) is 0 Å². The molecule has 0 aliphatic rings. The van der Waals surface area contributed by atoms with Crippen molar-refractivity contribution in [1.82, 2.24) is 5.32 Å². The molecule has 0 aliphatic carbocycles. The predicted molar refractivity (Wildman–Crippen MR) is 64.4 cm³/mol. The van der Waals surface area contributed by atoms with Crippen LogP contribution in [-0.4, -0.2) is 38.4 Å². The highest BCUT2D eigenvalue weighted by Gasteiger charge is 2.33. The molecule has 0 amide bonds. The third kappa shape index (κ3) is 5.47. The minimum Gasteiger partial charge on any atom is -0.468 e. The Morgan fingerprint density at radius 2 is 2.00 bits per heavy atom. The summed E-state index contributed by atoms with van der Waals surface area (Å²) in [6.07, 6.45) is 3.09.